The van der Waals surface area contributed by atoms with Gasteiger partial charge in [-0.2, -0.15) is 0 Å². The Morgan fingerprint density at radius 1 is 1.25 bits per heavy atom. The van der Waals surface area contributed by atoms with Gasteiger partial charge in [0.25, 0.3) is 0 Å². The van der Waals surface area contributed by atoms with E-state index in [1.807, 2.05) is 0 Å². The number of fused-ring (bicyclic) bond motifs is 1. The van der Waals surface area contributed by atoms with E-state index < -0.39 is 10.0 Å². The van der Waals surface area contributed by atoms with Crippen molar-refractivity contribution in [1.29, 1.82) is 0 Å². The fourth-order valence-corrected chi connectivity index (χ4v) is 4.62. The van der Waals surface area contributed by atoms with Crippen LogP contribution in [0.3, 0.4) is 0 Å². The van der Waals surface area contributed by atoms with Crippen LogP contribution in [0.1, 0.15) is 44.6 Å². The van der Waals surface area contributed by atoms with Crippen molar-refractivity contribution in [2.75, 3.05) is 18.0 Å². The molecule has 3 rings (SSSR count). The van der Waals surface area contributed by atoms with E-state index >= 15 is 0 Å². The zero-order valence-electron chi connectivity index (χ0n) is 14.0. The Morgan fingerprint density at radius 3 is 2.71 bits per heavy atom. The molecule has 24 heavy (non-hydrogen) atoms. The zero-order chi connectivity index (χ0) is 17.2. The summed E-state index contributed by atoms with van der Waals surface area (Å²) < 4.78 is 26.7. The Balaban J connectivity index is 1.74. The highest BCUT2D eigenvalue weighted by atomic mass is 32.2. The number of rotatable bonds is 4. The Labute approximate surface area is 143 Å². The number of carbonyl (C=O) groups is 1. The molecule has 0 aromatic heterocycles. The molecule has 1 aliphatic carbocycles. The third kappa shape index (κ3) is 3.57. The van der Waals surface area contributed by atoms with Gasteiger partial charge in [0, 0.05) is 24.8 Å². The van der Waals surface area contributed by atoms with Crippen LogP contribution in [-0.2, 0) is 16.4 Å². The highest BCUT2D eigenvalue weighted by Gasteiger charge is 2.28. The van der Waals surface area contributed by atoms with Gasteiger partial charge in [-0.05, 0) is 43.0 Å². The molecule has 132 valence electrons. The molecule has 6 nitrogen and oxygen atoms in total. The number of amides is 2. The first-order valence-electron chi connectivity index (χ1n) is 8.72. The van der Waals surface area contributed by atoms with Crippen molar-refractivity contribution >= 4 is 21.7 Å². The molecule has 0 radical (unpaired) electrons. The van der Waals surface area contributed by atoms with Crippen molar-refractivity contribution in [2.45, 2.75) is 56.4 Å². The van der Waals surface area contributed by atoms with Gasteiger partial charge in [-0.3, -0.25) is 4.90 Å². The number of carbonyl (C=O) groups excluding carboxylic acids is 1. The van der Waals surface area contributed by atoms with Gasteiger partial charge in [0.05, 0.1) is 4.90 Å². The van der Waals surface area contributed by atoms with Gasteiger partial charge in [-0.15, -0.1) is 0 Å². The van der Waals surface area contributed by atoms with Gasteiger partial charge >= 0.3 is 6.03 Å². The van der Waals surface area contributed by atoms with E-state index in [1.165, 1.54) is 19.3 Å². The Kier molecular flexibility index (Phi) is 5.10. The van der Waals surface area contributed by atoms with Crippen LogP contribution < -0.4 is 14.9 Å². The van der Waals surface area contributed by atoms with Crippen LogP contribution in [-0.4, -0.2) is 33.6 Å². The second-order valence-corrected chi connectivity index (χ2v) is 8.24. The summed E-state index contributed by atoms with van der Waals surface area (Å²) in [6.07, 6.45) is 6.38. The van der Waals surface area contributed by atoms with Crippen LogP contribution in [0, 0.1) is 0 Å². The molecule has 7 heteroatoms. The van der Waals surface area contributed by atoms with Gasteiger partial charge < -0.3 is 5.32 Å². The molecule has 0 atom stereocenters. The Morgan fingerprint density at radius 2 is 2.00 bits per heavy atom. The molecule has 1 aromatic carbocycles. The van der Waals surface area contributed by atoms with Crippen LogP contribution in [0.25, 0.3) is 0 Å². The van der Waals surface area contributed by atoms with E-state index in [1.54, 1.807) is 30.0 Å². The van der Waals surface area contributed by atoms with Crippen LogP contribution in [0.4, 0.5) is 10.5 Å². The molecule has 1 aromatic rings. The smallest absolute Gasteiger partial charge is 0.322 e. The summed E-state index contributed by atoms with van der Waals surface area (Å²) >= 11 is 0. The van der Waals surface area contributed by atoms with E-state index in [4.69, 9.17) is 0 Å². The van der Waals surface area contributed by atoms with Gasteiger partial charge in [0.1, 0.15) is 0 Å². The lowest BCUT2D eigenvalue weighted by Crippen LogP contribution is -2.45. The molecule has 0 bridgehead atoms. The number of sulfonamides is 1. The highest BCUT2D eigenvalue weighted by molar-refractivity contribution is 7.89. The van der Waals surface area contributed by atoms with Gasteiger partial charge in [-0.25, -0.2) is 17.9 Å². The molecule has 2 amide bonds. The van der Waals surface area contributed by atoms with E-state index in [2.05, 4.69) is 10.0 Å². The number of urea groups is 1. The number of hydrogen-bond donors (Lipinski definition) is 2. The summed E-state index contributed by atoms with van der Waals surface area (Å²) in [5, 5.41) is 3.12. The number of nitrogens with zero attached hydrogens (tertiary/aromatic N) is 1. The maximum absolute atomic E-state index is 12.5. The maximum Gasteiger partial charge on any atom is 0.322 e. The summed E-state index contributed by atoms with van der Waals surface area (Å²) in [5.74, 6) is 0. The fourth-order valence-electron chi connectivity index (χ4n) is 3.53. The van der Waals surface area contributed by atoms with Crippen molar-refractivity contribution in [1.82, 2.24) is 10.0 Å². The van der Waals surface area contributed by atoms with Gasteiger partial charge in [-0.1, -0.05) is 26.2 Å². The minimum absolute atomic E-state index is 0.0667. The lowest BCUT2D eigenvalue weighted by atomic mass is 9.96. The monoisotopic (exact) mass is 351 g/mol. The van der Waals surface area contributed by atoms with Crippen molar-refractivity contribution in [3.63, 3.8) is 0 Å². The minimum Gasteiger partial charge on any atom is -0.335 e. The standard InChI is InChI=1S/C17H25N3O3S/c1-2-18-24(22,23)15-8-9-16-13(12-15)10-11-20(16)17(21)19-14-6-4-3-5-7-14/h8-9,12,14,18H,2-7,10-11H2,1H3,(H,19,21). The third-order valence-electron chi connectivity index (χ3n) is 4.77. The zero-order valence-corrected chi connectivity index (χ0v) is 14.9. The summed E-state index contributed by atoms with van der Waals surface area (Å²) in [6, 6.07) is 5.20. The van der Waals surface area contributed by atoms with Gasteiger partial charge in [0.2, 0.25) is 10.0 Å². The second kappa shape index (κ2) is 7.11. The average Bonchev–Trinajstić information content (AvgIpc) is 2.99. The van der Waals surface area contributed by atoms with Gasteiger partial charge in [0.15, 0.2) is 0 Å². The normalized spacial score (nSPS) is 18.5. The number of benzene rings is 1. The first-order valence-corrected chi connectivity index (χ1v) is 10.2. The molecule has 2 N–H and O–H groups in total. The van der Waals surface area contributed by atoms with E-state index in [0.29, 0.717) is 19.5 Å². The second-order valence-electron chi connectivity index (χ2n) is 6.48. The lowest BCUT2D eigenvalue weighted by molar-refractivity contribution is 0.238. The predicted octanol–water partition coefficient (Wildman–Crippen LogP) is 2.39. The molecule has 2 aliphatic rings. The fraction of sp³-hybridized carbons (Fsp3) is 0.588. The van der Waals surface area contributed by atoms with Crippen LogP contribution in [0.2, 0.25) is 0 Å². The molecule has 1 heterocycles. The molecular formula is C17H25N3O3S. The van der Waals surface area contributed by atoms with E-state index in [9.17, 15) is 13.2 Å². The molecule has 1 fully saturated rings. The van der Waals surface area contributed by atoms with Crippen LogP contribution >= 0.6 is 0 Å². The molecule has 0 spiro atoms. The number of anilines is 1. The quantitative estimate of drug-likeness (QED) is 0.874. The molecule has 1 aliphatic heterocycles. The lowest BCUT2D eigenvalue weighted by Gasteiger charge is -2.26. The minimum atomic E-state index is -3.46. The molecule has 0 saturated heterocycles. The van der Waals surface area contributed by atoms with Crippen LogP contribution in [0.5, 0.6) is 0 Å². The Hall–Kier alpha value is -1.60. The molecule has 0 unspecified atom stereocenters. The van der Waals surface area contributed by atoms with Crippen LogP contribution in [0.15, 0.2) is 23.1 Å². The van der Waals surface area contributed by atoms with Crippen molar-refractivity contribution in [3.05, 3.63) is 23.8 Å². The van der Waals surface area contributed by atoms with Crippen molar-refractivity contribution in [2.24, 2.45) is 0 Å². The van der Waals surface area contributed by atoms with E-state index in [0.717, 1.165) is 24.1 Å². The number of nitrogens with one attached hydrogen (secondary N) is 2. The van der Waals surface area contributed by atoms with Crippen molar-refractivity contribution < 1.29 is 13.2 Å². The first kappa shape index (κ1) is 17.2. The third-order valence-corrected chi connectivity index (χ3v) is 6.31. The first-order chi connectivity index (χ1) is 11.5. The topological polar surface area (TPSA) is 78.5 Å². The maximum atomic E-state index is 12.5. The highest BCUT2D eigenvalue weighted by Crippen LogP contribution is 2.30. The molecule has 1 saturated carbocycles. The largest absolute Gasteiger partial charge is 0.335 e. The summed E-state index contributed by atoms with van der Waals surface area (Å²) in [6.45, 7) is 2.70. The summed E-state index contributed by atoms with van der Waals surface area (Å²) in [4.78, 5) is 14.5. The summed E-state index contributed by atoms with van der Waals surface area (Å²) in [7, 11) is -3.46. The summed E-state index contributed by atoms with van der Waals surface area (Å²) in [5.41, 5.74) is 1.73. The molecular weight excluding hydrogens is 326 g/mol. The van der Waals surface area contributed by atoms with Crippen molar-refractivity contribution in [3.8, 4) is 0 Å². The SMILES string of the molecule is CCNS(=O)(=O)c1ccc2c(c1)CCN2C(=O)NC1CCCCC1. The average molecular weight is 351 g/mol. The van der Waals surface area contributed by atoms with E-state index in [-0.39, 0.29) is 17.0 Å². The predicted molar refractivity (Wildman–Crippen MR) is 93.8 cm³/mol. The number of hydrogen-bond acceptors (Lipinski definition) is 3. The Bertz CT molecular complexity index is 712.